The standard InChI is InChI=1S/C20H26F3N5O3/c21-20(22,23)16-3-6-26-18(30)8-17(27-10-15-7-14(27)11-31-15)24-19(26)28(16)9-13-1-4-25(12-29)5-2-13/h8,12-16H,1-7,9-11H2/t14?,15-,16-/m0/s1. The highest BCUT2D eigenvalue weighted by molar-refractivity contribution is 5.49. The SMILES string of the molecule is O=CN1CCC(CN2c3nc(N4C[C@@H]5CC4CO5)cc(=O)n3CC[C@H]2C(F)(F)F)CC1. The van der Waals surface area contributed by atoms with Crippen molar-refractivity contribution < 1.29 is 22.7 Å². The van der Waals surface area contributed by atoms with E-state index in [1.807, 2.05) is 4.90 Å². The summed E-state index contributed by atoms with van der Waals surface area (Å²) in [4.78, 5) is 33.3. The first kappa shape index (κ1) is 20.6. The molecule has 3 fully saturated rings. The van der Waals surface area contributed by atoms with Gasteiger partial charge in [-0.2, -0.15) is 18.2 Å². The van der Waals surface area contributed by atoms with E-state index < -0.39 is 12.2 Å². The zero-order valence-electron chi connectivity index (χ0n) is 17.1. The minimum absolute atomic E-state index is 0.000867. The van der Waals surface area contributed by atoms with Crippen LogP contribution in [0.5, 0.6) is 0 Å². The number of piperidine rings is 1. The number of rotatable bonds is 4. The lowest BCUT2D eigenvalue weighted by atomic mass is 9.95. The summed E-state index contributed by atoms with van der Waals surface area (Å²) in [5.74, 6) is 0.553. The highest BCUT2D eigenvalue weighted by Gasteiger charge is 2.48. The van der Waals surface area contributed by atoms with Gasteiger partial charge in [-0.15, -0.1) is 0 Å². The van der Waals surface area contributed by atoms with Gasteiger partial charge in [-0.25, -0.2) is 0 Å². The van der Waals surface area contributed by atoms with E-state index in [9.17, 15) is 22.8 Å². The number of carbonyl (C=O) groups is 1. The summed E-state index contributed by atoms with van der Waals surface area (Å²) in [5.41, 5.74) is -0.315. The lowest BCUT2D eigenvalue weighted by Gasteiger charge is -2.42. The van der Waals surface area contributed by atoms with Gasteiger partial charge in [0.25, 0.3) is 5.56 Å². The Balaban J connectivity index is 1.47. The van der Waals surface area contributed by atoms with Crippen molar-refractivity contribution in [3.8, 4) is 0 Å². The maximum Gasteiger partial charge on any atom is 0.408 e. The van der Waals surface area contributed by atoms with Crippen LogP contribution in [-0.4, -0.2) is 78.0 Å². The predicted octanol–water partition coefficient (Wildman–Crippen LogP) is 1.23. The molecule has 1 aromatic rings. The third-order valence-corrected chi connectivity index (χ3v) is 7.06. The van der Waals surface area contributed by atoms with E-state index in [2.05, 4.69) is 4.98 Å². The lowest BCUT2D eigenvalue weighted by Crippen LogP contribution is -2.54. The number of hydrogen-bond donors (Lipinski definition) is 0. The summed E-state index contributed by atoms with van der Waals surface area (Å²) >= 11 is 0. The molecule has 4 aliphatic heterocycles. The fourth-order valence-corrected chi connectivity index (χ4v) is 5.35. The summed E-state index contributed by atoms with van der Waals surface area (Å²) in [6.45, 7) is 2.40. The molecule has 3 atom stereocenters. The smallest absolute Gasteiger partial charge is 0.374 e. The topological polar surface area (TPSA) is 70.9 Å². The molecule has 0 N–H and O–H groups in total. The summed E-state index contributed by atoms with van der Waals surface area (Å²) in [6, 6.07) is -0.112. The minimum Gasteiger partial charge on any atom is -0.374 e. The van der Waals surface area contributed by atoms with Gasteiger partial charge in [-0.05, 0) is 31.6 Å². The van der Waals surface area contributed by atoms with Crippen LogP contribution in [0.15, 0.2) is 10.9 Å². The van der Waals surface area contributed by atoms with Crippen molar-refractivity contribution >= 4 is 18.2 Å². The molecule has 0 saturated carbocycles. The molecule has 31 heavy (non-hydrogen) atoms. The molecule has 170 valence electrons. The Kier molecular flexibility index (Phi) is 5.10. The van der Waals surface area contributed by atoms with Crippen LogP contribution in [0.2, 0.25) is 0 Å². The fourth-order valence-electron chi connectivity index (χ4n) is 5.35. The van der Waals surface area contributed by atoms with Crippen LogP contribution in [0.3, 0.4) is 0 Å². The maximum absolute atomic E-state index is 13.9. The van der Waals surface area contributed by atoms with Crippen molar-refractivity contribution in [3.63, 3.8) is 0 Å². The van der Waals surface area contributed by atoms with Crippen molar-refractivity contribution in [1.29, 1.82) is 0 Å². The highest BCUT2D eigenvalue weighted by Crippen LogP contribution is 2.37. The number of halogens is 3. The van der Waals surface area contributed by atoms with Crippen LogP contribution in [0.4, 0.5) is 24.9 Å². The van der Waals surface area contributed by atoms with Crippen LogP contribution >= 0.6 is 0 Å². The first-order valence-electron chi connectivity index (χ1n) is 10.9. The Bertz CT molecular complexity index is 899. The number of aromatic nitrogens is 2. The third kappa shape index (κ3) is 3.77. The van der Waals surface area contributed by atoms with E-state index >= 15 is 0 Å². The van der Waals surface area contributed by atoms with Gasteiger partial charge < -0.3 is 19.4 Å². The molecule has 1 amide bonds. The van der Waals surface area contributed by atoms with Crippen molar-refractivity contribution in [2.24, 2.45) is 5.92 Å². The van der Waals surface area contributed by atoms with E-state index in [1.165, 1.54) is 15.5 Å². The third-order valence-electron chi connectivity index (χ3n) is 7.06. The second kappa shape index (κ2) is 7.68. The van der Waals surface area contributed by atoms with Gasteiger partial charge in [-0.3, -0.25) is 14.2 Å². The molecule has 0 spiro atoms. The van der Waals surface area contributed by atoms with Crippen LogP contribution in [0.25, 0.3) is 0 Å². The first-order valence-corrected chi connectivity index (χ1v) is 10.9. The number of ether oxygens (including phenoxy) is 1. The molecular formula is C20H26F3N5O3. The molecule has 1 unspecified atom stereocenters. The van der Waals surface area contributed by atoms with Crippen LogP contribution < -0.4 is 15.4 Å². The molecule has 0 aromatic carbocycles. The molecule has 8 nitrogen and oxygen atoms in total. The number of hydrogen-bond acceptors (Lipinski definition) is 6. The van der Waals surface area contributed by atoms with Crippen LogP contribution in [0.1, 0.15) is 25.7 Å². The van der Waals surface area contributed by atoms with E-state index in [4.69, 9.17) is 4.74 Å². The zero-order chi connectivity index (χ0) is 21.8. The summed E-state index contributed by atoms with van der Waals surface area (Å²) in [7, 11) is 0. The number of fused-ring (bicyclic) bond motifs is 3. The van der Waals surface area contributed by atoms with Crippen molar-refractivity contribution in [3.05, 3.63) is 16.4 Å². The van der Waals surface area contributed by atoms with Gasteiger partial charge in [0.2, 0.25) is 12.4 Å². The monoisotopic (exact) mass is 441 g/mol. The maximum atomic E-state index is 13.9. The van der Waals surface area contributed by atoms with Crippen molar-refractivity contribution in [1.82, 2.24) is 14.5 Å². The van der Waals surface area contributed by atoms with E-state index in [0.29, 0.717) is 44.9 Å². The molecule has 5 heterocycles. The highest BCUT2D eigenvalue weighted by atomic mass is 19.4. The first-order chi connectivity index (χ1) is 14.8. The number of nitrogens with zero attached hydrogens (tertiary/aromatic N) is 5. The number of anilines is 2. The number of morpholine rings is 1. The molecule has 3 saturated heterocycles. The lowest BCUT2D eigenvalue weighted by molar-refractivity contribution is -0.153. The molecule has 1 aromatic heterocycles. The molecule has 0 radical (unpaired) electrons. The van der Waals surface area contributed by atoms with Gasteiger partial charge in [0.1, 0.15) is 11.9 Å². The second-order valence-corrected chi connectivity index (χ2v) is 8.98. The summed E-state index contributed by atoms with van der Waals surface area (Å²) < 4.78 is 48.8. The summed E-state index contributed by atoms with van der Waals surface area (Å²) in [6.07, 6.45) is -1.59. The largest absolute Gasteiger partial charge is 0.408 e. The Morgan fingerprint density at radius 3 is 2.58 bits per heavy atom. The van der Waals surface area contributed by atoms with Gasteiger partial charge in [0, 0.05) is 38.8 Å². The van der Waals surface area contributed by atoms with Crippen molar-refractivity contribution in [2.75, 3.05) is 42.6 Å². The molecule has 4 aliphatic rings. The van der Waals surface area contributed by atoms with E-state index in [0.717, 1.165) is 12.8 Å². The van der Waals surface area contributed by atoms with E-state index in [1.54, 1.807) is 4.90 Å². The molecule has 0 aliphatic carbocycles. The number of likely N-dealkylation sites (tertiary alicyclic amines) is 1. The van der Waals surface area contributed by atoms with Gasteiger partial charge in [0.15, 0.2) is 0 Å². The Labute approximate surface area is 177 Å². The van der Waals surface area contributed by atoms with Gasteiger partial charge >= 0.3 is 6.18 Å². The Hall–Kier alpha value is -2.30. The molecule has 5 rings (SSSR count). The summed E-state index contributed by atoms with van der Waals surface area (Å²) in [5, 5.41) is 0. The quantitative estimate of drug-likeness (QED) is 0.655. The van der Waals surface area contributed by atoms with Gasteiger partial charge in [0.05, 0.1) is 18.8 Å². The number of amides is 1. The average molecular weight is 441 g/mol. The Morgan fingerprint density at radius 2 is 1.97 bits per heavy atom. The Morgan fingerprint density at radius 1 is 1.19 bits per heavy atom. The van der Waals surface area contributed by atoms with Crippen molar-refractivity contribution in [2.45, 2.75) is 56.6 Å². The minimum atomic E-state index is -4.41. The zero-order valence-corrected chi connectivity index (χ0v) is 17.1. The normalized spacial score (nSPS) is 28.9. The molecule has 2 bridgehead atoms. The number of carbonyl (C=O) groups excluding carboxylic acids is 1. The van der Waals surface area contributed by atoms with E-state index in [-0.39, 0.29) is 49.1 Å². The molecule has 11 heteroatoms. The van der Waals surface area contributed by atoms with Crippen LogP contribution in [-0.2, 0) is 16.1 Å². The average Bonchev–Trinajstić information content (AvgIpc) is 3.37. The predicted molar refractivity (Wildman–Crippen MR) is 106 cm³/mol. The molecular weight excluding hydrogens is 415 g/mol. The second-order valence-electron chi connectivity index (χ2n) is 8.98. The van der Waals surface area contributed by atoms with Gasteiger partial charge in [-0.1, -0.05) is 0 Å². The van der Waals surface area contributed by atoms with Crippen LogP contribution in [0, 0.1) is 5.92 Å². The number of alkyl halides is 3. The fraction of sp³-hybridized carbons (Fsp3) is 0.750.